The summed E-state index contributed by atoms with van der Waals surface area (Å²) in [6, 6.07) is 5.31. The van der Waals surface area contributed by atoms with Crippen LogP contribution in [-0.2, 0) is 4.79 Å². The van der Waals surface area contributed by atoms with E-state index >= 15 is 0 Å². The molecular formula is C20H24Cl2N2O. The van der Waals surface area contributed by atoms with Crippen molar-refractivity contribution in [3.63, 3.8) is 0 Å². The summed E-state index contributed by atoms with van der Waals surface area (Å²) < 4.78 is 0. The van der Waals surface area contributed by atoms with E-state index in [0.29, 0.717) is 32.4 Å². The molecule has 25 heavy (non-hydrogen) atoms. The fraction of sp³-hybridized carbons (Fsp3) is 0.600. The van der Waals surface area contributed by atoms with Crippen molar-refractivity contribution in [1.82, 2.24) is 5.43 Å². The van der Waals surface area contributed by atoms with E-state index in [2.05, 4.69) is 24.4 Å². The minimum absolute atomic E-state index is 0.0634. The van der Waals surface area contributed by atoms with Gasteiger partial charge in [-0.2, -0.15) is 5.10 Å². The molecule has 4 bridgehead atoms. The number of rotatable bonds is 3. The van der Waals surface area contributed by atoms with Gasteiger partial charge in [0.25, 0.3) is 0 Å². The number of nitrogens with one attached hydrogen (secondary N) is 1. The lowest BCUT2D eigenvalue weighted by atomic mass is 9.40. The molecule has 4 saturated carbocycles. The summed E-state index contributed by atoms with van der Waals surface area (Å²) in [5.74, 6) is 0.743. The van der Waals surface area contributed by atoms with Crippen LogP contribution in [0, 0.1) is 22.2 Å². The predicted molar refractivity (Wildman–Crippen MR) is 102 cm³/mol. The molecule has 4 aliphatic carbocycles. The van der Waals surface area contributed by atoms with E-state index < -0.39 is 0 Å². The summed E-state index contributed by atoms with van der Waals surface area (Å²) in [7, 11) is 0. The highest BCUT2D eigenvalue weighted by atomic mass is 35.5. The SMILES string of the molecule is CC12CC3CC(C)(C1)CC(C(=O)N/N=C/c1c(Cl)cccc1Cl)(C3)C2. The van der Waals surface area contributed by atoms with E-state index in [-0.39, 0.29) is 11.3 Å². The smallest absolute Gasteiger partial charge is 0.246 e. The number of halogens is 2. The van der Waals surface area contributed by atoms with E-state index in [0.717, 1.165) is 19.3 Å². The largest absolute Gasteiger partial charge is 0.273 e. The van der Waals surface area contributed by atoms with Crippen LogP contribution >= 0.6 is 23.2 Å². The van der Waals surface area contributed by atoms with Gasteiger partial charge in [-0.15, -0.1) is 0 Å². The zero-order chi connectivity index (χ0) is 17.9. The second-order valence-corrected chi connectivity index (χ2v) is 10.1. The third kappa shape index (κ3) is 3.00. The van der Waals surface area contributed by atoms with Crippen LogP contribution in [0.4, 0.5) is 0 Å². The van der Waals surface area contributed by atoms with Gasteiger partial charge in [-0.3, -0.25) is 4.79 Å². The van der Waals surface area contributed by atoms with Crippen molar-refractivity contribution < 1.29 is 4.79 Å². The Labute approximate surface area is 159 Å². The zero-order valence-electron chi connectivity index (χ0n) is 14.7. The molecule has 2 atom stereocenters. The minimum Gasteiger partial charge on any atom is -0.273 e. The van der Waals surface area contributed by atoms with Crippen LogP contribution in [0.5, 0.6) is 0 Å². The Hall–Kier alpha value is -1.06. The predicted octanol–water partition coefficient (Wildman–Crippen LogP) is 5.44. The lowest BCUT2D eigenvalue weighted by Gasteiger charge is -2.64. The molecule has 0 radical (unpaired) electrons. The number of carbonyl (C=O) groups is 1. The molecule has 0 spiro atoms. The quantitative estimate of drug-likeness (QED) is 0.551. The molecule has 5 rings (SSSR count). The average Bonchev–Trinajstić information content (AvgIpc) is 2.46. The molecule has 3 nitrogen and oxygen atoms in total. The Morgan fingerprint density at radius 3 is 2.28 bits per heavy atom. The molecule has 5 heteroatoms. The van der Waals surface area contributed by atoms with Gasteiger partial charge >= 0.3 is 0 Å². The lowest BCUT2D eigenvalue weighted by molar-refractivity contribution is -0.170. The number of nitrogens with zero attached hydrogens (tertiary/aromatic N) is 1. The van der Waals surface area contributed by atoms with Gasteiger partial charge in [0.1, 0.15) is 0 Å². The van der Waals surface area contributed by atoms with Crippen molar-refractivity contribution in [2.75, 3.05) is 0 Å². The maximum atomic E-state index is 13.1. The van der Waals surface area contributed by atoms with Crippen LogP contribution < -0.4 is 5.43 Å². The molecule has 0 saturated heterocycles. The van der Waals surface area contributed by atoms with Gasteiger partial charge in [-0.1, -0.05) is 43.1 Å². The number of benzene rings is 1. The second kappa shape index (κ2) is 5.72. The first-order chi connectivity index (χ1) is 11.7. The molecule has 2 unspecified atom stereocenters. The monoisotopic (exact) mass is 378 g/mol. The van der Waals surface area contributed by atoms with Crippen LogP contribution in [0.25, 0.3) is 0 Å². The molecule has 1 aromatic rings. The lowest BCUT2D eigenvalue weighted by Crippen LogP contribution is -2.59. The van der Waals surface area contributed by atoms with Gasteiger partial charge in [0.15, 0.2) is 0 Å². The Bertz CT molecular complexity index is 722. The summed E-state index contributed by atoms with van der Waals surface area (Å²) in [5.41, 5.74) is 3.78. The van der Waals surface area contributed by atoms with Gasteiger partial charge in [0, 0.05) is 5.56 Å². The maximum absolute atomic E-state index is 13.1. The molecule has 4 aliphatic rings. The van der Waals surface area contributed by atoms with E-state index in [9.17, 15) is 4.79 Å². The highest BCUT2D eigenvalue weighted by Gasteiger charge is 2.62. The Balaban J connectivity index is 1.53. The molecule has 1 aromatic carbocycles. The van der Waals surface area contributed by atoms with Gasteiger partial charge in [-0.05, 0) is 67.4 Å². The Morgan fingerprint density at radius 1 is 1.12 bits per heavy atom. The first kappa shape index (κ1) is 17.4. The minimum atomic E-state index is -0.259. The molecule has 1 N–H and O–H groups in total. The molecule has 0 aromatic heterocycles. The van der Waals surface area contributed by atoms with Crippen molar-refractivity contribution in [3.8, 4) is 0 Å². The summed E-state index contributed by atoms with van der Waals surface area (Å²) in [4.78, 5) is 13.1. The van der Waals surface area contributed by atoms with Crippen molar-refractivity contribution in [2.24, 2.45) is 27.3 Å². The van der Waals surface area contributed by atoms with Crippen LogP contribution in [0.2, 0.25) is 10.0 Å². The topological polar surface area (TPSA) is 41.5 Å². The Morgan fingerprint density at radius 2 is 1.72 bits per heavy atom. The van der Waals surface area contributed by atoms with Crippen LogP contribution in [0.1, 0.15) is 57.9 Å². The van der Waals surface area contributed by atoms with E-state index in [4.69, 9.17) is 23.2 Å². The normalized spacial score (nSPS) is 39.1. The van der Waals surface area contributed by atoms with E-state index in [1.165, 1.54) is 19.3 Å². The van der Waals surface area contributed by atoms with Crippen molar-refractivity contribution in [2.45, 2.75) is 52.4 Å². The standard InChI is InChI=1S/C20H24Cl2N2O/c1-18-6-13-7-19(2,10-18)12-20(8-13,11-18)17(25)24-23-9-14-15(21)4-3-5-16(14)22/h3-5,9,13H,6-8,10-12H2,1-2H3,(H,24,25)/b23-9+. The first-order valence-corrected chi connectivity index (χ1v) is 9.76. The molecule has 134 valence electrons. The van der Waals surface area contributed by atoms with Gasteiger partial charge in [-0.25, -0.2) is 5.43 Å². The third-order valence-corrected chi connectivity index (χ3v) is 7.13. The number of amides is 1. The number of hydrogen-bond acceptors (Lipinski definition) is 2. The third-order valence-electron chi connectivity index (χ3n) is 6.47. The van der Waals surface area contributed by atoms with Crippen LogP contribution in [0.15, 0.2) is 23.3 Å². The van der Waals surface area contributed by atoms with Crippen molar-refractivity contribution in [1.29, 1.82) is 0 Å². The summed E-state index contributed by atoms with van der Waals surface area (Å²) in [6.07, 6.45) is 8.33. The van der Waals surface area contributed by atoms with E-state index in [1.807, 2.05) is 0 Å². The van der Waals surface area contributed by atoms with Crippen LogP contribution in [0.3, 0.4) is 0 Å². The fourth-order valence-electron chi connectivity index (χ4n) is 6.61. The second-order valence-electron chi connectivity index (χ2n) is 9.24. The summed E-state index contributed by atoms with van der Waals surface area (Å²) in [5, 5.41) is 5.23. The van der Waals surface area contributed by atoms with Crippen molar-refractivity contribution >= 4 is 35.3 Å². The van der Waals surface area contributed by atoms with Gasteiger partial charge in [0.2, 0.25) is 5.91 Å². The Kier molecular flexibility index (Phi) is 3.97. The van der Waals surface area contributed by atoms with Crippen molar-refractivity contribution in [3.05, 3.63) is 33.8 Å². The van der Waals surface area contributed by atoms with E-state index in [1.54, 1.807) is 24.4 Å². The summed E-state index contributed by atoms with van der Waals surface area (Å²) in [6.45, 7) is 4.73. The number of carbonyl (C=O) groups excluding carboxylic acids is 1. The average molecular weight is 379 g/mol. The number of hydrogen-bond donors (Lipinski definition) is 1. The highest BCUT2D eigenvalue weighted by Crippen LogP contribution is 2.69. The van der Waals surface area contributed by atoms with Gasteiger partial charge in [0.05, 0.1) is 21.7 Å². The highest BCUT2D eigenvalue weighted by molar-refractivity contribution is 6.38. The van der Waals surface area contributed by atoms with Crippen LogP contribution in [-0.4, -0.2) is 12.1 Å². The maximum Gasteiger partial charge on any atom is 0.246 e. The zero-order valence-corrected chi connectivity index (χ0v) is 16.3. The fourth-order valence-corrected chi connectivity index (χ4v) is 7.10. The summed E-state index contributed by atoms with van der Waals surface area (Å²) >= 11 is 12.3. The molecule has 0 aliphatic heterocycles. The molecule has 1 amide bonds. The molecule has 4 fully saturated rings. The first-order valence-electron chi connectivity index (χ1n) is 9.00. The van der Waals surface area contributed by atoms with Gasteiger partial charge < -0.3 is 0 Å². The molecular weight excluding hydrogens is 355 g/mol. The molecule has 0 heterocycles. The number of hydrazone groups is 1.